The summed E-state index contributed by atoms with van der Waals surface area (Å²) in [5.41, 5.74) is 3.47. The van der Waals surface area contributed by atoms with Crippen molar-refractivity contribution in [1.82, 2.24) is 0 Å². The molecule has 3 heteroatoms. The Labute approximate surface area is 204 Å². The molecule has 0 bridgehead atoms. The van der Waals surface area contributed by atoms with Crippen molar-refractivity contribution in [2.45, 2.75) is 45.4 Å². The Hall–Kier alpha value is -2.90. The van der Waals surface area contributed by atoms with E-state index in [4.69, 9.17) is 20.6 Å². The Balaban J connectivity index is 1.49. The molecule has 0 spiro atoms. The Bertz CT molecular complexity index is 1010. The quantitative estimate of drug-likeness (QED) is 0.338. The van der Waals surface area contributed by atoms with Crippen LogP contribution in [0.1, 0.15) is 30.0 Å². The molecular formula is C31H34O3. The third-order valence-corrected chi connectivity index (χ3v) is 6.73. The Morgan fingerprint density at radius 2 is 1.18 bits per heavy atom. The van der Waals surface area contributed by atoms with Crippen LogP contribution >= 0.6 is 0 Å². The van der Waals surface area contributed by atoms with Gasteiger partial charge in [0.25, 0.3) is 0 Å². The first-order valence-corrected chi connectivity index (χ1v) is 12.1. The fraction of sp³-hybridized carbons (Fsp3) is 0.355. The topological polar surface area (TPSA) is 27.7 Å². The second kappa shape index (κ2) is 12.5. The maximum absolute atomic E-state index is 6.58. The van der Waals surface area contributed by atoms with Gasteiger partial charge in [-0.3, -0.25) is 0 Å². The molecule has 4 rings (SSSR count). The van der Waals surface area contributed by atoms with Gasteiger partial charge in [-0.05, 0) is 29.0 Å². The Morgan fingerprint density at radius 3 is 1.68 bits per heavy atom. The summed E-state index contributed by atoms with van der Waals surface area (Å²) in [7, 11) is 0. The molecule has 1 aliphatic carbocycles. The molecule has 3 nitrogen and oxygen atoms in total. The van der Waals surface area contributed by atoms with E-state index < -0.39 is 0 Å². The fourth-order valence-corrected chi connectivity index (χ4v) is 4.77. The molecule has 34 heavy (non-hydrogen) atoms. The molecule has 176 valence electrons. The van der Waals surface area contributed by atoms with Crippen LogP contribution in [0.15, 0.2) is 91.0 Å². The number of hydrogen-bond acceptors (Lipinski definition) is 3. The zero-order valence-corrected chi connectivity index (χ0v) is 19.9. The van der Waals surface area contributed by atoms with Crippen LogP contribution in [0, 0.1) is 30.1 Å². The van der Waals surface area contributed by atoms with E-state index in [9.17, 15) is 0 Å². The first-order valence-electron chi connectivity index (χ1n) is 12.1. The zero-order valence-electron chi connectivity index (χ0n) is 19.9. The summed E-state index contributed by atoms with van der Waals surface area (Å²) in [4.78, 5) is 0. The molecule has 0 amide bonds. The molecule has 0 aromatic heterocycles. The predicted molar refractivity (Wildman–Crippen MR) is 136 cm³/mol. The van der Waals surface area contributed by atoms with E-state index >= 15 is 0 Å². The van der Waals surface area contributed by atoms with Gasteiger partial charge >= 0.3 is 0 Å². The van der Waals surface area contributed by atoms with E-state index in [0.29, 0.717) is 26.4 Å². The standard InChI is InChI=1S/C31H34O3/c1-3-28-19-29(23-32-20-25-13-7-4-8-14-25)31(34-22-27-17-11-6-12-18-27)30(24(28)2)33-21-26-15-9-5-10-16-26/h1,4-18,24,28-31H,19-23H2,2H3/t24-,28+,29-,30-,31-/m1/s1. The van der Waals surface area contributed by atoms with E-state index in [2.05, 4.69) is 49.2 Å². The smallest absolute Gasteiger partial charge is 0.0894 e. The minimum absolute atomic E-state index is 0.0979. The maximum atomic E-state index is 6.58. The second-order valence-corrected chi connectivity index (χ2v) is 9.15. The molecule has 0 unspecified atom stereocenters. The summed E-state index contributed by atoms with van der Waals surface area (Å²) < 4.78 is 19.3. The molecule has 0 aliphatic heterocycles. The van der Waals surface area contributed by atoms with Crippen LogP contribution in [0.25, 0.3) is 0 Å². The van der Waals surface area contributed by atoms with Gasteiger partial charge in [0.05, 0.1) is 38.6 Å². The van der Waals surface area contributed by atoms with Gasteiger partial charge in [0.15, 0.2) is 0 Å². The molecule has 0 heterocycles. The average Bonchev–Trinajstić information content (AvgIpc) is 2.89. The molecule has 3 aromatic rings. The van der Waals surface area contributed by atoms with Gasteiger partial charge in [0.1, 0.15) is 0 Å². The summed E-state index contributed by atoms with van der Waals surface area (Å²) in [5.74, 6) is 3.50. The summed E-state index contributed by atoms with van der Waals surface area (Å²) in [5, 5.41) is 0. The first kappa shape index (κ1) is 24.2. The van der Waals surface area contributed by atoms with Crippen molar-refractivity contribution >= 4 is 0 Å². The highest BCUT2D eigenvalue weighted by molar-refractivity contribution is 5.15. The van der Waals surface area contributed by atoms with E-state index in [1.165, 1.54) is 5.56 Å². The van der Waals surface area contributed by atoms with Crippen molar-refractivity contribution in [3.8, 4) is 12.3 Å². The van der Waals surface area contributed by atoms with E-state index in [0.717, 1.165) is 17.5 Å². The average molecular weight is 455 g/mol. The number of hydrogen-bond donors (Lipinski definition) is 0. The van der Waals surface area contributed by atoms with Crippen LogP contribution in [-0.2, 0) is 34.0 Å². The lowest BCUT2D eigenvalue weighted by Gasteiger charge is -2.44. The highest BCUT2D eigenvalue weighted by atomic mass is 16.5. The highest BCUT2D eigenvalue weighted by Gasteiger charge is 2.43. The number of ether oxygens (including phenoxy) is 3. The lowest BCUT2D eigenvalue weighted by atomic mass is 9.71. The normalized spacial score (nSPS) is 24.4. The van der Waals surface area contributed by atoms with Gasteiger partial charge < -0.3 is 14.2 Å². The predicted octanol–water partition coefficient (Wildman–Crippen LogP) is 6.28. The lowest BCUT2D eigenvalue weighted by Crippen LogP contribution is -2.50. The van der Waals surface area contributed by atoms with Crippen LogP contribution in [0.4, 0.5) is 0 Å². The molecule has 0 radical (unpaired) electrons. The van der Waals surface area contributed by atoms with E-state index in [-0.39, 0.29) is 30.0 Å². The number of rotatable bonds is 10. The van der Waals surface area contributed by atoms with Crippen LogP contribution in [0.5, 0.6) is 0 Å². The molecule has 1 aliphatic rings. The summed E-state index contributed by atoms with van der Waals surface area (Å²) in [6.07, 6.45) is 6.64. The first-order chi connectivity index (χ1) is 16.7. The van der Waals surface area contributed by atoms with Crippen LogP contribution in [-0.4, -0.2) is 18.8 Å². The minimum atomic E-state index is -0.107. The Morgan fingerprint density at radius 1 is 0.706 bits per heavy atom. The highest BCUT2D eigenvalue weighted by Crippen LogP contribution is 2.38. The van der Waals surface area contributed by atoms with Crippen LogP contribution < -0.4 is 0 Å². The van der Waals surface area contributed by atoms with Crippen molar-refractivity contribution in [2.75, 3.05) is 6.61 Å². The van der Waals surface area contributed by atoms with E-state index in [1.54, 1.807) is 0 Å². The zero-order chi connectivity index (χ0) is 23.6. The second-order valence-electron chi connectivity index (χ2n) is 9.15. The minimum Gasteiger partial charge on any atom is -0.376 e. The van der Waals surface area contributed by atoms with Crippen molar-refractivity contribution < 1.29 is 14.2 Å². The molecule has 0 saturated heterocycles. The van der Waals surface area contributed by atoms with Gasteiger partial charge in [0, 0.05) is 11.8 Å². The van der Waals surface area contributed by atoms with Crippen LogP contribution in [0.3, 0.4) is 0 Å². The van der Waals surface area contributed by atoms with E-state index in [1.807, 2.05) is 54.6 Å². The summed E-state index contributed by atoms with van der Waals surface area (Å²) >= 11 is 0. The molecule has 1 fully saturated rings. The molecule has 0 N–H and O–H groups in total. The van der Waals surface area contributed by atoms with Crippen molar-refractivity contribution in [1.29, 1.82) is 0 Å². The van der Waals surface area contributed by atoms with Crippen molar-refractivity contribution in [2.24, 2.45) is 17.8 Å². The SMILES string of the molecule is C#C[C@H]1C[C@H](COCc2ccccc2)[C@@H](OCc2ccccc2)[C@H](OCc2ccccc2)[C@@H]1C. The van der Waals surface area contributed by atoms with Crippen molar-refractivity contribution in [3.63, 3.8) is 0 Å². The summed E-state index contributed by atoms with van der Waals surface area (Å²) in [6, 6.07) is 30.8. The summed E-state index contributed by atoms with van der Waals surface area (Å²) in [6.45, 7) is 4.44. The third kappa shape index (κ3) is 6.58. The molecule has 3 aromatic carbocycles. The molecule has 5 atom stereocenters. The van der Waals surface area contributed by atoms with Gasteiger partial charge in [-0.2, -0.15) is 0 Å². The van der Waals surface area contributed by atoms with Crippen molar-refractivity contribution in [3.05, 3.63) is 108 Å². The van der Waals surface area contributed by atoms with Gasteiger partial charge in [0.2, 0.25) is 0 Å². The number of benzene rings is 3. The fourth-order valence-electron chi connectivity index (χ4n) is 4.77. The van der Waals surface area contributed by atoms with Gasteiger partial charge in [-0.25, -0.2) is 0 Å². The number of terminal acetylenes is 1. The lowest BCUT2D eigenvalue weighted by molar-refractivity contribution is -0.166. The molecular weight excluding hydrogens is 420 g/mol. The largest absolute Gasteiger partial charge is 0.376 e. The third-order valence-electron chi connectivity index (χ3n) is 6.73. The maximum Gasteiger partial charge on any atom is 0.0894 e. The molecule has 1 saturated carbocycles. The van der Waals surface area contributed by atoms with Gasteiger partial charge in [-0.1, -0.05) is 97.9 Å². The van der Waals surface area contributed by atoms with Crippen LogP contribution in [0.2, 0.25) is 0 Å². The Kier molecular flexibility index (Phi) is 8.93. The van der Waals surface area contributed by atoms with Gasteiger partial charge in [-0.15, -0.1) is 12.3 Å². The monoisotopic (exact) mass is 454 g/mol.